The van der Waals surface area contributed by atoms with E-state index in [9.17, 15) is 47.9 Å². The maximum atomic E-state index is 15.1. The van der Waals surface area contributed by atoms with Crippen molar-refractivity contribution < 1.29 is 62.2 Å². The van der Waals surface area contributed by atoms with Gasteiger partial charge in [0.25, 0.3) is 5.91 Å². The number of Topliss-reactive ketones (excluding diaryl/α,β-unsaturated/α-hetero) is 1. The first kappa shape index (κ1) is 68.0. The molecule has 4 aromatic rings. The molecule has 0 saturated carbocycles. The number of anilines is 2. The number of ketones is 1. The number of aromatic nitrogens is 1. The van der Waals surface area contributed by atoms with Gasteiger partial charge in [-0.1, -0.05) is 87.5 Å². The highest BCUT2D eigenvalue weighted by Crippen LogP contribution is 2.26. The normalized spacial score (nSPS) is 21.3. The molecule has 0 aliphatic carbocycles. The van der Waals surface area contributed by atoms with Crippen molar-refractivity contribution in [3.05, 3.63) is 138 Å². The molecular formula is C66H83N9O13. The summed E-state index contributed by atoms with van der Waals surface area (Å²) in [5.41, 5.74) is 1.51. The third-order valence-corrected chi connectivity index (χ3v) is 15.1. The van der Waals surface area contributed by atoms with Crippen molar-refractivity contribution in [1.29, 1.82) is 0 Å². The molecule has 8 amide bonds. The number of likely N-dealkylation sites (N-methyl/N-ethyl adjacent to an activating group) is 2. The molecule has 2 aliphatic heterocycles. The highest BCUT2D eigenvalue weighted by atomic mass is 16.5. The average Bonchev–Trinajstić information content (AvgIpc) is 3.37. The monoisotopic (exact) mass is 1210 g/mol. The summed E-state index contributed by atoms with van der Waals surface area (Å²) in [6.45, 7) is 7.97. The SMILES string of the molecule is CCCN1CC(=O)N(C)[C@@H](CC(C)C)C(=O)N(C)CCC/C=C/C(=O)OCC(C)(C)C(=O)C(=O)N2CCCC[C@H]2C(=O)OCc2cccc(c2)NC(=O)CCC(=O)N[C@@H](c2ccccc2)C(=O)N[C@@H](Cc2ccc(NC(=O)Cc3cccnc3)cc2)C1=O. The summed E-state index contributed by atoms with van der Waals surface area (Å²) in [6.07, 6.45) is 8.19. The molecule has 0 unspecified atom stereocenters. The lowest BCUT2D eigenvalue weighted by Gasteiger charge is -2.35. The summed E-state index contributed by atoms with van der Waals surface area (Å²) in [6, 6.07) is 20.4. The number of esters is 2. The lowest BCUT2D eigenvalue weighted by Crippen LogP contribution is -2.56. The van der Waals surface area contributed by atoms with Crippen molar-refractivity contribution in [2.75, 3.05) is 57.5 Å². The highest BCUT2D eigenvalue weighted by Gasteiger charge is 2.42. The van der Waals surface area contributed by atoms with Crippen molar-refractivity contribution in [1.82, 2.24) is 35.2 Å². The molecule has 22 nitrogen and oxygen atoms in total. The topological polar surface area (TPSA) is 280 Å². The molecule has 1 saturated heterocycles. The Balaban J connectivity index is 1.27. The van der Waals surface area contributed by atoms with E-state index in [1.807, 2.05) is 20.8 Å². The molecule has 470 valence electrons. The Morgan fingerprint density at radius 2 is 1.53 bits per heavy atom. The number of nitrogens with one attached hydrogen (secondary N) is 4. The fraction of sp³-hybridized carbons (Fsp3) is 0.455. The minimum Gasteiger partial charge on any atom is -0.461 e. The van der Waals surface area contributed by atoms with E-state index in [1.165, 1.54) is 46.6 Å². The highest BCUT2D eigenvalue weighted by molar-refractivity contribution is 6.38. The molecule has 22 heteroatoms. The number of pyridine rings is 1. The molecule has 1 fully saturated rings. The minimum atomic E-state index is -1.45. The van der Waals surface area contributed by atoms with Crippen LogP contribution in [0.4, 0.5) is 11.4 Å². The Bertz CT molecular complexity index is 3140. The molecule has 2 aliphatic rings. The predicted molar refractivity (Wildman–Crippen MR) is 328 cm³/mol. The molecule has 0 radical (unpaired) electrons. The van der Waals surface area contributed by atoms with Crippen LogP contribution in [0.15, 0.2) is 116 Å². The molecular weight excluding hydrogens is 1130 g/mol. The first-order valence-corrected chi connectivity index (χ1v) is 30.0. The zero-order valence-electron chi connectivity index (χ0n) is 51.4. The third kappa shape index (κ3) is 20.5. The van der Waals surface area contributed by atoms with Crippen LogP contribution in [0.25, 0.3) is 0 Å². The third-order valence-electron chi connectivity index (χ3n) is 15.1. The maximum Gasteiger partial charge on any atom is 0.330 e. The van der Waals surface area contributed by atoms with Crippen molar-refractivity contribution in [2.45, 2.75) is 136 Å². The lowest BCUT2D eigenvalue weighted by atomic mass is 9.87. The number of cyclic esters (lactones) is 2. The van der Waals surface area contributed by atoms with Gasteiger partial charge in [0.1, 0.15) is 37.4 Å². The Morgan fingerprint density at radius 1 is 0.795 bits per heavy atom. The number of ether oxygens (including phenoxy) is 2. The van der Waals surface area contributed by atoms with E-state index >= 15 is 4.79 Å². The molecule has 2 bridgehead atoms. The van der Waals surface area contributed by atoms with Crippen LogP contribution < -0.4 is 21.3 Å². The fourth-order valence-electron chi connectivity index (χ4n) is 10.2. The number of allylic oxidation sites excluding steroid dienone is 1. The second kappa shape index (κ2) is 33.2. The van der Waals surface area contributed by atoms with Gasteiger partial charge in [-0.2, -0.15) is 0 Å². The molecule has 6 rings (SSSR count). The summed E-state index contributed by atoms with van der Waals surface area (Å²) in [4.78, 5) is 162. The summed E-state index contributed by atoms with van der Waals surface area (Å²) in [7, 11) is 3.13. The van der Waals surface area contributed by atoms with E-state index in [0.29, 0.717) is 60.2 Å². The Kier molecular flexibility index (Phi) is 25.6. The molecule has 0 spiro atoms. The van der Waals surface area contributed by atoms with E-state index in [2.05, 4.69) is 26.3 Å². The van der Waals surface area contributed by atoms with E-state index in [0.717, 1.165) is 5.56 Å². The van der Waals surface area contributed by atoms with E-state index in [1.54, 1.807) is 117 Å². The van der Waals surface area contributed by atoms with Crippen LogP contribution in [0.1, 0.15) is 121 Å². The first-order chi connectivity index (χ1) is 42.0. The number of nitrogens with zero attached hydrogens (tertiary/aromatic N) is 5. The minimum absolute atomic E-state index is 0.0353. The number of amides is 8. The van der Waals surface area contributed by atoms with Gasteiger partial charge >= 0.3 is 11.9 Å². The van der Waals surface area contributed by atoms with Crippen molar-refractivity contribution >= 4 is 76.4 Å². The number of hydrogen-bond donors (Lipinski definition) is 4. The van der Waals surface area contributed by atoms with Crippen LogP contribution in [0, 0.1) is 11.3 Å². The number of rotatable bonds is 10. The largest absolute Gasteiger partial charge is 0.461 e. The van der Waals surface area contributed by atoms with Crippen molar-refractivity contribution in [2.24, 2.45) is 11.3 Å². The number of carbonyl (C=O) groups excluding carboxylic acids is 11. The molecule has 1 aromatic heterocycles. The van der Waals surface area contributed by atoms with Gasteiger partial charge in [0, 0.05) is 82.8 Å². The van der Waals surface area contributed by atoms with Crippen molar-refractivity contribution in [3.8, 4) is 0 Å². The van der Waals surface area contributed by atoms with Gasteiger partial charge < -0.3 is 50.3 Å². The molecule has 4 N–H and O–H groups in total. The van der Waals surface area contributed by atoms with Crippen LogP contribution in [-0.2, 0) is 81.7 Å². The van der Waals surface area contributed by atoms with Crippen LogP contribution in [0.3, 0.4) is 0 Å². The smallest absolute Gasteiger partial charge is 0.330 e. The number of piperidine rings is 1. The van der Waals surface area contributed by atoms with Crippen molar-refractivity contribution in [3.63, 3.8) is 0 Å². The molecule has 3 heterocycles. The maximum absolute atomic E-state index is 15.1. The fourth-order valence-corrected chi connectivity index (χ4v) is 10.2. The number of hydrogen-bond acceptors (Lipinski definition) is 14. The molecule has 4 atom stereocenters. The molecule has 3 aromatic carbocycles. The predicted octanol–water partition coefficient (Wildman–Crippen LogP) is 6.05. The van der Waals surface area contributed by atoms with E-state index < -0.39 is 95.9 Å². The Hall–Kier alpha value is -9.08. The van der Waals surface area contributed by atoms with Crippen LogP contribution >= 0.6 is 0 Å². The van der Waals surface area contributed by atoms with E-state index in [-0.39, 0.29) is 82.5 Å². The Morgan fingerprint density at radius 3 is 2.24 bits per heavy atom. The van der Waals surface area contributed by atoms with Gasteiger partial charge in [0.05, 0.1) is 18.4 Å². The van der Waals surface area contributed by atoms with Gasteiger partial charge in [-0.25, -0.2) is 9.59 Å². The number of carbonyl (C=O) groups is 11. The van der Waals surface area contributed by atoms with Gasteiger partial charge in [-0.05, 0) is 117 Å². The van der Waals surface area contributed by atoms with Crippen LogP contribution in [0.2, 0.25) is 0 Å². The van der Waals surface area contributed by atoms with Gasteiger partial charge in [-0.15, -0.1) is 0 Å². The zero-order chi connectivity index (χ0) is 63.9. The van der Waals surface area contributed by atoms with Gasteiger partial charge in [-0.3, -0.25) is 48.1 Å². The lowest BCUT2D eigenvalue weighted by molar-refractivity contribution is -0.162. The van der Waals surface area contributed by atoms with Gasteiger partial charge in [0.15, 0.2) is 0 Å². The summed E-state index contributed by atoms with van der Waals surface area (Å²) < 4.78 is 11.1. The van der Waals surface area contributed by atoms with E-state index in [4.69, 9.17) is 9.47 Å². The summed E-state index contributed by atoms with van der Waals surface area (Å²) >= 11 is 0. The van der Waals surface area contributed by atoms with Crippen LogP contribution in [-0.4, -0.2) is 155 Å². The second-order valence-corrected chi connectivity index (χ2v) is 23.4. The standard InChI is InChI=1S/C66H83N9O13/c1-8-33-74-41-57(79)73(7)53(36-44(2)3)63(84)72(6)34-15-10-13-25-58(80)88-43-66(4,5)60(81)64(85)75-35-16-14-24-52(75)65(86)87-42-47-19-17-23-50(37-47)69-54(76)30-31-55(77)71-59(48-21-11-9-12-22-48)61(82)70-51(62(74)83)38-45-26-28-49(29-27-45)68-56(78)39-46-20-18-32-67-40-46/h9,11-13,17-23,25-29,32,37,40,44,51-53,59H,8,10,14-16,24,30-31,33-36,38-39,41-43H2,1-7H3,(H,68,78)(H,69,76)(H,70,82)(H,71,77)/b25-13+/t51-,52-,53-,59-/m0/s1. The molecule has 88 heavy (non-hydrogen) atoms. The summed E-state index contributed by atoms with van der Waals surface area (Å²) in [5, 5.41) is 11.3. The first-order valence-electron chi connectivity index (χ1n) is 30.0. The average molecular weight is 1210 g/mol. The number of benzene rings is 3. The Labute approximate surface area is 514 Å². The zero-order valence-corrected chi connectivity index (χ0v) is 51.4. The second-order valence-electron chi connectivity index (χ2n) is 23.4. The quantitative estimate of drug-likeness (QED) is 0.104. The van der Waals surface area contributed by atoms with Crippen LogP contribution in [0.5, 0.6) is 0 Å². The van der Waals surface area contributed by atoms with Gasteiger partial charge in [0.2, 0.25) is 47.1 Å². The summed E-state index contributed by atoms with van der Waals surface area (Å²) in [5.74, 6) is -7.03. The number of fused-ring (bicyclic) bond motifs is 3.